The average Bonchev–Trinajstić information content (AvgIpc) is 2.70. The van der Waals surface area contributed by atoms with Crippen molar-refractivity contribution < 1.29 is 4.74 Å². The molecular weight excluding hydrogens is 240 g/mol. The number of benzene rings is 1. The molecule has 0 bridgehead atoms. The van der Waals surface area contributed by atoms with E-state index in [-0.39, 0.29) is 0 Å². The fourth-order valence-electron chi connectivity index (χ4n) is 1.44. The Bertz CT molecular complexity index is 571. The Morgan fingerprint density at radius 3 is 3.00 bits per heavy atom. The highest BCUT2D eigenvalue weighted by Gasteiger charge is 2.08. The Labute approximate surface area is 103 Å². The maximum absolute atomic E-state index is 5.23. The van der Waals surface area contributed by atoms with Crippen LogP contribution in [0.25, 0.3) is 10.2 Å². The van der Waals surface area contributed by atoms with Crippen LogP contribution in [0.2, 0.25) is 0 Å². The van der Waals surface area contributed by atoms with Gasteiger partial charge in [-0.05, 0) is 24.7 Å². The molecule has 0 atom stereocenters. The molecule has 0 radical (unpaired) electrons. The second kappa shape index (κ2) is 4.70. The van der Waals surface area contributed by atoms with Crippen LogP contribution < -0.4 is 4.74 Å². The number of aromatic nitrogens is 1. The quantitative estimate of drug-likeness (QED) is 0.616. The van der Waals surface area contributed by atoms with Crippen LogP contribution >= 0.6 is 23.6 Å². The van der Waals surface area contributed by atoms with E-state index < -0.39 is 0 Å². The number of thiazole rings is 1. The van der Waals surface area contributed by atoms with Crippen molar-refractivity contribution >= 4 is 44.6 Å². The standard InChI is InChI=1S/C11H10N2OS2/c1-3-11-13-8-4-9(14-2)7(12-6-15)5-10(8)16-11/h4-5H,3H2,1-2H3. The Balaban J connectivity index is 2.67. The minimum absolute atomic E-state index is 0.679. The summed E-state index contributed by atoms with van der Waals surface area (Å²) < 4.78 is 6.33. The van der Waals surface area contributed by atoms with Gasteiger partial charge in [0.15, 0.2) is 0 Å². The van der Waals surface area contributed by atoms with Crippen LogP contribution in [0.1, 0.15) is 11.9 Å². The molecule has 0 saturated carbocycles. The third-order valence-electron chi connectivity index (χ3n) is 2.20. The van der Waals surface area contributed by atoms with Crippen molar-refractivity contribution in [3.63, 3.8) is 0 Å². The normalized spacial score (nSPS) is 10.1. The number of methoxy groups -OCH3 is 1. The zero-order chi connectivity index (χ0) is 11.5. The molecule has 0 aliphatic heterocycles. The Kier molecular flexibility index (Phi) is 3.29. The summed E-state index contributed by atoms with van der Waals surface area (Å²) in [6, 6.07) is 3.82. The topological polar surface area (TPSA) is 34.5 Å². The summed E-state index contributed by atoms with van der Waals surface area (Å²) in [4.78, 5) is 8.47. The number of rotatable bonds is 3. The molecule has 0 fully saturated rings. The van der Waals surface area contributed by atoms with Crippen molar-refractivity contribution in [3.05, 3.63) is 17.1 Å². The second-order valence-corrected chi connectivity index (χ2v) is 4.45. The number of fused-ring (bicyclic) bond motifs is 1. The lowest BCUT2D eigenvalue weighted by Gasteiger charge is -2.02. The summed E-state index contributed by atoms with van der Waals surface area (Å²) in [7, 11) is 1.61. The zero-order valence-electron chi connectivity index (χ0n) is 8.98. The molecule has 1 aromatic heterocycles. The Hall–Kier alpha value is -1.29. The first kappa shape index (κ1) is 11.2. The maximum atomic E-state index is 5.23. The average molecular weight is 250 g/mol. The van der Waals surface area contributed by atoms with Crippen LogP contribution in [0, 0.1) is 0 Å². The van der Waals surface area contributed by atoms with Gasteiger partial charge in [-0.15, -0.1) is 11.3 Å². The summed E-state index contributed by atoms with van der Waals surface area (Å²) in [5.41, 5.74) is 1.65. The molecule has 5 heteroatoms. The van der Waals surface area contributed by atoms with Gasteiger partial charge >= 0.3 is 0 Å². The van der Waals surface area contributed by atoms with Crippen molar-refractivity contribution in [3.8, 4) is 5.75 Å². The number of nitrogens with zero attached hydrogens (tertiary/aromatic N) is 2. The van der Waals surface area contributed by atoms with Crippen LogP contribution in [0.15, 0.2) is 17.1 Å². The lowest BCUT2D eigenvalue weighted by Crippen LogP contribution is -1.83. The SMILES string of the molecule is CCc1nc2cc(OC)c(N=C=S)cc2s1. The first-order chi connectivity index (χ1) is 7.78. The number of thiocarbonyl (C=S) groups is 1. The van der Waals surface area contributed by atoms with Crippen molar-refractivity contribution in [2.24, 2.45) is 4.99 Å². The van der Waals surface area contributed by atoms with Crippen molar-refractivity contribution in [1.82, 2.24) is 4.98 Å². The van der Waals surface area contributed by atoms with Crippen molar-refractivity contribution in [2.45, 2.75) is 13.3 Å². The van der Waals surface area contributed by atoms with Crippen LogP contribution in [0.3, 0.4) is 0 Å². The van der Waals surface area contributed by atoms with Gasteiger partial charge in [-0.25, -0.2) is 4.98 Å². The predicted octanol–water partition coefficient (Wildman–Crippen LogP) is 3.60. The fraction of sp³-hybridized carbons (Fsp3) is 0.273. The van der Waals surface area contributed by atoms with E-state index in [2.05, 4.69) is 34.3 Å². The van der Waals surface area contributed by atoms with Gasteiger partial charge in [0.1, 0.15) is 11.4 Å². The number of hydrogen-bond acceptors (Lipinski definition) is 5. The molecule has 0 N–H and O–H groups in total. The molecule has 16 heavy (non-hydrogen) atoms. The molecular formula is C11H10N2OS2. The van der Waals surface area contributed by atoms with Gasteiger partial charge in [-0.1, -0.05) is 6.92 Å². The molecule has 2 aromatic rings. The van der Waals surface area contributed by atoms with Crippen LogP contribution in [-0.2, 0) is 6.42 Å². The second-order valence-electron chi connectivity index (χ2n) is 3.16. The predicted molar refractivity (Wildman–Crippen MR) is 70.2 cm³/mol. The van der Waals surface area contributed by atoms with Crippen molar-refractivity contribution in [2.75, 3.05) is 7.11 Å². The van der Waals surface area contributed by atoms with E-state index in [1.165, 1.54) is 0 Å². The first-order valence-electron chi connectivity index (χ1n) is 4.83. The minimum atomic E-state index is 0.679. The third kappa shape index (κ3) is 1.97. The van der Waals surface area contributed by atoms with Gasteiger partial charge in [0.2, 0.25) is 0 Å². The highest BCUT2D eigenvalue weighted by atomic mass is 32.1. The van der Waals surface area contributed by atoms with Gasteiger partial charge in [0.05, 0.1) is 27.5 Å². The molecule has 82 valence electrons. The molecule has 1 aromatic carbocycles. The molecule has 0 unspecified atom stereocenters. The smallest absolute Gasteiger partial charge is 0.147 e. The molecule has 0 amide bonds. The van der Waals surface area contributed by atoms with E-state index in [1.807, 2.05) is 12.1 Å². The molecule has 0 aliphatic rings. The summed E-state index contributed by atoms with van der Waals surface area (Å²) in [5.74, 6) is 0.679. The number of isothiocyanates is 1. The van der Waals surface area contributed by atoms with Gasteiger partial charge < -0.3 is 4.74 Å². The van der Waals surface area contributed by atoms with Gasteiger partial charge in [-0.3, -0.25) is 0 Å². The number of ether oxygens (including phenoxy) is 1. The van der Waals surface area contributed by atoms with E-state index in [1.54, 1.807) is 18.4 Å². The zero-order valence-corrected chi connectivity index (χ0v) is 10.6. The first-order valence-corrected chi connectivity index (χ1v) is 6.06. The van der Waals surface area contributed by atoms with E-state index in [4.69, 9.17) is 4.74 Å². The summed E-state index contributed by atoms with van der Waals surface area (Å²) >= 11 is 6.28. The van der Waals surface area contributed by atoms with E-state index >= 15 is 0 Å². The Morgan fingerprint density at radius 1 is 1.56 bits per heavy atom. The lowest BCUT2D eigenvalue weighted by atomic mass is 10.3. The highest BCUT2D eigenvalue weighted by Crippen LogP contribution is 2.34. The van der Waals surface area contributed by atoms with E-state index in [0.29, 0.717) is 11.4 Å². The molecule has 3 nitrogen and oxygen atoms in total. The molecule has 1 heterocycles. The maximum Gasteiger partial charge on any atom is 0.147 e. The van der Waals surface area contributed by atoms with Crippen LogP contribution in [0.4, 0.5) is 5.69 Å². The van der Waals surface area contributed by atoms with Crippen LogP contribution in [0.5, 0.6) is 5.75 Å². The summed E-state index contributed by atoms with van der Waals surface area (Å²) in [5, 5.41) is 3.47. The summed E-state index contributed by atoms with van der Waals surface area (Å²) in [6.45, 7) is 2.09. The number of aliphatic imine (C=N–C) groups is 1. The van der Waals surface area contributed by atoms with Crippen molar-refractivity contribution in [1.29, 1.82) is 0 Å². The van der Waals surface area contributed by atoms with Crippen LogP contribution in [-0.4, -0.2) is 17.3 Å². The largest absolute Gasteiger partial charge is 0.494 e. The summed E-state index contributed by atoms with van der Waals surface area (Å²) in [6.07, 6.45) is 0.938. The van der Waals surface area contributed by atoms with Gasteiger partial charge in [0, 0.05) is 6.07 Å². The molecule has 2 rings (SSSR count). The monoisotopic (exact) mass is 250 g/mol. The van der Waals surface area contributed by atoms with E-state index in [9.17, 15) is 0 Å². The third-order valence-corrected chi connectivity index (χ3v) is 3.46. The number of aryl methyl sites for hydroxylation is 1. The molecule has 0 saturated heterocycles. The van der Waals surface area contributed by atoms with Gasteiger partial charge in [-0.2, -0.15) is 4.99 Å². The Morgan fingerprint density at radius 2 is 2.38 bits per heavy atom. The number of hydrogen-bond donors (Lipinski definition) is 0. The van der Waals surface area contributed by atoms with E-state index in [0.717, 1.165) is 21.6 Å². The fourth-order valence-corrected chi connectivity index (χ4v) is 2.46. The molecule has 0 aliphatic carbocycles. The minimum Gasteiger partial charge on any atom is -0.494 e. The lowest BCUT2D eigenvalue weighted by molar-refractivity contribution is 0.417. The molecule has 0 spiro atoms. The van der Waals surface area contributed by atoms with Gasteiger partial charge in [0.25, 0.3) is 0 Å². The highest BCUT2D eigenvalue weighted by molar-refractivity contribution is 7.78.